The largest absolute Gasteiger partial charge is 0.468 e. The van der Waals surface area contributed by atoms with Crippen LogP contribution in [0.1, 0.15) is 73.0 Å². The van der Waals surface area contributed by atoms with E-state index in [9.17, 15) is 4.79 Å². The molecule has 6 rings (SSSR count). The van der Waals surface area contributed by atoms with Crippen LogP contribution < -0.4 is 5.56 Å². The summed E-state index contributed by atoms with van der Waals surface area (Å²) in [6.45, 7) is 3.13. The molecule has 1 saturated carbocycles. The lowest BCUT2D eigenvalue weighted by molar-refractivity contribution is 0.176. The van der Waals surface area contributed by atoms with Crippen molar-refractivity contribution in [2.45, 2.75) is 64.2 Å². The van der Waals surface area contributed by atoms with E-state index in [0.717, 1.165) is 54.3 Å². The maximum Gasteiger partial charge on any atom is 0.253 e. The van der Waals surface area contributed by atoms with E-state index in [-0.39, 0.29) is 11.6 Å². The Balaban J connectivity index is 1.53. The molecule has 0 aliphatic heterocycles. The summed E-state index contributed by atoms with van der Waals surface area (Å²) in [5.41, 5.74) is 3.52. The third-order valence-corrected chi connectivity index (χ3v) is 7.93. The monoisotopic (exact) mass is 542 g/mol. The highest BCUT2D eigenvalue weighted by molar-refractivity contribution is 6.30. The molecule has 3 aromatic heterocycles. The first-order chi connectivity index (χ1) is 19.1. The van der Waals surface area contributed by atoms with Crippen molar-refractivity contribution in [2.75, 3.05) is 0 Å². The molecule has 0 saturated heterocycles. The molecule has 0 bridgehead atoms. The third kappa shape index (κ3) is 5.40. The summed E-state index contributed by atoms with van der Waals surface area (Å²) in [5, 5.41) is 14.8. The van der Waals surface area contributed by atoms with Crippen molar-refractivity contribution in [3.8, 4) is 0 Å². The average Bonchev–Trinajstić information content (AvgIpc) is 3.73. The predicted octanol–water partition coefficient (Wildman–Crippen LogP) is 6.23. The lowest BCUT2D eigenvalue weighted by atomic mass is 10.0. The van der Waals surface area contributed by atoms with E-state index in [1.807, 2.05) is 53.2 Å². The zero-order valence-electron chi connectivity index (χ0n) is 21.9. The van der Waals surface area contributed by atoms with E-state index < -0.39 is 6.04 Å². The minimum Gasteiger partial charge on any atom is -0.468 e. The number of benzene rings is 2. The van der Waals surface area contributed by atoms with Gasteiger partial charge in [-0.05, 0) is 88.7 Å². The summed E-state index contributed by atoms with van der Waals surface area (Å²) < 4.78 is 7.72. The van der Waals surface area contributed by atoms with Crippen LogP contribution in [-0.2, 0) is 19.5 Å². The van der Waals surface area contributed by atoms with Gasteiger partial charge in [0, 0.05) is 22.6 Å². The second kappa shape index (κ2) is 11.2. The number of aryl methyl sites for hydroxylation is 1. The molecule has 2 aromatic carbocycles. The van der Waals surface area contributed by atoms with E-state index in [1.165, 1.54) is 5.56 Å². The molecule has 0 spiro atoms. The molecular formula is C30H31ClN6O2. The summed E-state index contributed by atoms with van der Waals surface area (Å²) in [6, 6.07) is 19.5. The standard InChI is InChI=1S/C30H31ClN6O2/c1-2-20-11-14-27-22(16-20)17-26(30(38)32-27)28(29-33-34-35-37(29)24-6-3-4-7-24)36(19-25-8-5-15-39-25)18-21-9-12-23(31)13-10-21/h5,8-17,24,28H,2-4,6-7,18-19H2,1H3,(H,32,38)/t28-/m0/s1. The summed E-state index contributed by atoms with van der Waals surface area (Å²) in [4.78, 5) is 19.1. The van der Waals surface area contributed by atoms with Crippen molar-refractivity contribution < 1.29 is 4.42 Å². The Hall–Kier alpha value is -3.75. The quantitative estimate of drug-likeness (QED) is 0.237. The fourth-order valence-corrected chi connectivity index (χ4v) is 5.78. The van der Waals surface area contributed by atoms with Crippen LogP contribution in [0.4, 0.5) is 0 Å². The molecule has 9 heteroatoms. The van der Waals surface area contributed by atoms with Crippen molar-refractivity contribution in [1.82, 2.24) is 30.1 Å². The van der Waals surface area contributed by atoms with E-state index in [2.05, 4.69) is 44.5 Å². The topological polar surface area (TPSA) is 92.8 Å². The Morgan fingerprint density at radius 3 is 2.62 bits per heavy atom. The highest BCUT2D eigenvalue weighted by Crippen LogP contribution is 2.35. The van der Waals surface area contributed by atoms with E-state index >= 15 is 0 Å². The van der Waals surface area contributed by atoms with Crippen molar-refractivity contribution in [1.29, 1.82) is 0 Å². The Morgan fingerprint density at radius 1 is 1.08 bits per heavy atom. The molecule has 39 heavy (non-hydrogen) atoms. The van der Waals surface area contributed by atoms with Gasteiger partial charge in [-0.2, -0.15) is 0 Å². The van der Waals surface area contributed by atoms with Crippen molar-refractivity contribution in [3.63, 3.8) is 0 Å². The van der Waals surface area contributed by atoms with Crippen molar-refractivity contribution >= 4 is 22.5 Å². The minimum atomic E-state index is -0.514. The molecule has 1 aliphatic rings. The number of hydrogen-bond donors (Lipinski definition) is 1. The molecule has 8 nitrogen and oxygen atoms in total. The molecule has 1 atom stereocenters. The molecule has 1 fully saturated rings. The molecule has 3 heterocycles. The second-order valence-electron chi connectivity index (χ2n) is 10.3. The summed E-state index contributed by atoms with van der Waals surface area (Å²) in [7, 11) is 0. The number of halogens is 1. The smallest absolute Gasteiger partial charge is 0.253 e. The second-order valence-corrected chi connectivity index (χ2v) is 10.7. The molecule has 0 unspecified atom stereocenters. The zero-order chi connectivity index (χ0) is 26.8. The maximum atomic E-state index is 13.8. The van der Waals surface area contributed by atoms with Crippen LogP contribution in [0.3, 0.4) is 0 Å². The molecule has 1 N–H and O–H groups in total. The van der Waals surface area contributed by atoms with Gasteiger partial charge in [0.25, 0.3) is 5.56 Å². The van der Waals surface area contributed by atoms with Crippen LogP contribution in [0.25, 0.3) is 10.9 Å². The highest BCUT2D eigenvalue weighted by Gasteiger charge is 2.34. The Kier molecular flexibility index (Phi) is 7.30. The number of hydrogen-bond acceptors (Lipinski definition) is 6. The van der Waals surface area contributed by atoms with Crippen LogP contribution >= 0.6 is 11.6 Å². The maximum absolute atomic E-state index is 13.8. The van der Waals surface area contributed by atoms with Gasteiger partial charge in [-0.3, -0.25) is 9.69 Å². The van der Waals surface area contributed by atoms with Crippen LogP contribution in [0.15, 0.2) is 76.1 Å². The molecule has 5 aromatic rings. The van der Waals surface area contributed by atoms with Crippen LogP contribution in [0.2, 0.25) is 5.02 Å². The molecule has 200 valence electrons. The first kappa shape index (κ1) is 25.5. The Morgan fingerprint density at radius 2 is 1.87 bits per heavy atom. The first-order valence-corrected chi connectivity index (χ1v) is 13.9. The van der Waals surface area contributed by atoms with Crippen molar-refractivity contribution in [3.05, 3.63) is 111 Å². The van der Waals surface area contributed by atoms with Gasteiger partial charge in [0.05, 0.1) is 18.8 Å². The van der Waals surface area contributed by atoms with Crippen molar-refractivity contribution in [2.24, 2.45) is 0 Å². The summed E-state index contributed by atoms with van der Waals surface area (Å²) in [5.74, 6) is 1.46. The average molecular weight is 543 g/mol. The van der Waals surface area contributed by atoms with Crippen LogP contribution in [-0.4, -0.2) is 30.1 Å². The van der Waals surface area contributed by atoms with Crippen LogP contribution in [0.5, 0.6) is 0 Å². The number of H-pyrrole nitrogens is 1. The summed E-state index contributed by atoms with van der Waals surface area (Å²) >= 11 is 6.19. The predicted molar refractivity (Wildman–Crippen MR) is 151 cm³/mol. The number of aromatic nitrogens is 5. The minimum absolute atomic E-state index is 0.154. The lowest BCUT2D eigenvalue weighted by Crippen LogP contribution is -2.35. The van der Waals surface area contributed by atoms with E-state index in [1.54, 1.807) is 6.26 Å². The normalized spacial score (nSPS) is 14.9. The number of aromatic amines is 1. The number of tetrazole rings is 1. The first-order valence-electron chi connectivity index (χ1n) is 13.5. The molecular weight excluding hydrogens is 512 g/mol. The van der Waals surface area contributed by atoms with Gasteiger partial charge in [0.1, 0.15) is 11.8 Å². The number of fused-ring (bicyclic) bond motifs is 1. The molecule has 1 aliphatic carbocycles. The van der Waals surface area contributed by atoms with Crippen LogP contribution in [0, 0.1) is 0 Å². The van der Waals surface area contributed by atoms with Gasteiger partial charge in [-0.1, -0.05) is 49.6 Å². The zero-order valence-corrected chi connectivity index (χ0v) is 22.6. The number of rotatable bonds is 9. The van der Waals surface area contributed by atoms with E-state index in [4.69, 9.17) is 16.0 Å². The highest BCUT2D eigenvalue weighted by atomic mass is 35.5. The van der Waals surface area contributed by atoms with Gasteiger partial charge in [-0.25, -0.2) is 4.68 Å². The summed E-state index contributed by atoms with van der Waals surface area (Å²) in [6.07, 6.45) is 6.91. The molecule has 0 amide bonds. The van der Waals surface area contributed by atoms with Gasteiger partial charge < -0.3 is 9.40 Å². The number of pyridine rings is 1. The van der Waals surface area contributed by atoms with Gasteiger partial charge in [-0.15, -0.1) is 5.10 Å². The number of nitrogens with zero attached hydrogens (tertiary/aromatic N) is 5. The fourth-order valence-electron chi connectivity index (χ4n) is 5.65. The number of furan rings is 1. The van der Waals surface area contributed by atoms with Gasteiger partial charge in [0.2, 0.25) is 0 Å². The third-order valence-electron chi connectivity index (χ3n) is 7.68. The number of nitrogens with one attached hydrogen (secondary N) is 1. The van der Waals surface area contributed by atoms with Gasteiger partial charge >= 0.3 is 0 Å². The molecule has 0 radical (unpaired) electrons. The lowest BCUT2D eigenvalue weighted by Gasteiger charge is -2.31. The van der Waals surface area contributed by atoms with Gasteiger partial charge in [0.15, 0.2) is 5.82 Å². The SMILES string of the molecule is CCc1ccc2[nH]c(=O)c([C@@H](c3nnnn3C3CCCC3)N(Cc3ccc(Cl)cc3)Cc3ccco3)cc2c1. The fraction of sp³-hybridized carbons (Fsp3) is 0.333. The Bertz CT molecular complexity index is 1600. The Labute approximate surface area is 231 Å². The van der Waals surface area contributed by atoms with E-state index in [0.29, 0.717) is 29.5 Å².